The molecule has 7 nitrogen and oxygen atoms in total. The number of piperidine rings is 1. The average molecular weight is 418 g/mol. The fourth-order valence-corrected chi connectivity index (χ4v) is 5.09. The highest BCUT2D eigenvalue weighted by Crippen LogP contribution is 2.43. The van der Waals surface area contributed by atoms with Gasteiger partial charge in [-0.2, -0.15) is 4.98 Å². The molecule has 2 bridgehead atoms. The fourth-order valence-electron chi connectivity index (χ4n) is 5.09. The number of aromatic nitrogens is 3. The number of carbonyl (C=O) groups is 1. The van der Waals surface area contributed by atoms with Gasteiger partial charge in [0.15, 0.2) is 0 Å². The number of amides is 1. The minimum absolute atomic E-state index is 0.207. The van der Waals surface area contributed by atoms with E-state index in [-0.39, 0.29) is 23.9 Å². The molecule has 2 aromatic heterocycles. The third-order valence-electron chi connectivity index (χ3n) is 6.55. The summed E-state index contributed by atoms with van der Waals surface area (Å²) in [7, 11) is 1.67. The van der Waals surface area contributed by atoms with Gasteiger partial charge in [0.05, 0.1) is 7.11 Å². The Labute approximate surface area is 181 Å². The fraction of sp³-hybridized carbons (Fsp3) is 0.417. The molecule has 0 saturated carbocycles. The van der Waals surface area contributed by atoms with Crippen molar-refractivity contribution in [2.75, 3.05) is 7.11 Å². The molecule has 2 aliphatic heterocycles. The molecule has 2 aliphatic rings. The first-order chi connectivity index (χ1) is 15.2. The van der Waals surface area contributed by atoms with E-state index in [1.165, 1.54) is 0 Å². The Balaban J connectivity index is 1.24. The third-order valence-corrected chi connectivity index (χ3v) is 6.55. The lowest BCUT2D eigenvalue weighted by Crippen LogP contribution is -2.46. The van der Waals surface area contributed by atoms with Gasteiger partial charge in [0, 0.05) is 42.4 Å². The second-order valence-electron chi connectivity index (χ2n) is 8.36. The summed E-state index contributed by atoms with van der Waals surface area (Å²) in [6, 6.07) is 12.2. The topological polar surface area (TPSA) is 81.4 Å². The van der Waals surface area contributed by atoms with Crippen LogP contribution < -0.4 is 4.74 Å². The third kappa shape index (κ3) is 3.92. The van der Waals surface area contributed by atoms with Crippen LogP contribution in [0.4, 0.5) is 0 Å². The molecule has 3 aromatic rings. The Kier molecular flexibility index (Phi) is 5.40. The number of rotatable bonds is 6. The molecule has 160 valence electrons. The van der Waals surface area contributed by atoms with Gasteiger partial charge in [-0.3, -0.25) is 9.78 Å². The van der Waals surface area contributed by atoms with Crippen molar-refractivity contribution in [1.29, 1.82) is 0 Å². The molecule has 2 unspecified atom stereocenters. The van der Waals surface area contributed by atoms with Gasteiger partial charge in [0.1, 0.15) is 5.75 Å². The summed E-state index contributed by atoms with van der Waals surface area (Å²) in [4.78, 5) is 23.9. The minimum atomic E-state index is 0.207. The van der Waals surface area contributed by atoms with E-state index in [1.54, 1.807) is 19.5 Å². The number of ether oxygens (including phenoxy) is 1. The predicted molar refractivity (Wildman–Crippen MR) is 114 cm³/mol. The summed E-state index contributed by atoms with van der Waals surface area (Å²) in [5, 5.41) is 4.16. The summed E-state index contributed by atoms with van der Waals surface area (Å²) in [5.74, 6) is 2.57. The second kappa shape index (κ2) is 8.49. The van der Waals surface area contributed by atoms with Gasteiger partial charge in [-0.1, -0.05) is 23.4 Å². The molecule has 1 amide bonds. The number of nitrogens with zero attached hydrogens (tertiary/aromatic N) is 4. The molecule has 2 saturated heterocycles. The van der Waals surface area contributed by atoms with E-state index in [0.717, 1.165) is 42.6 Å². The zero-order valence-corrected chi connectivity index (χ0v) is 17.6. The maximum atomic E-state index is 13.1. The smallest absolute Gasteiger partial charge is 0.230 e. The number of fused-ring (bicyclic) bond motifs is 2. The van der Waals surface area contributed by atoms with Gasteiger partial charge in [-0.15, -0.1) is 0 Å². The van der Waals surface area contributed by atoms with Crippen molar-refractivity contribution in [3.63, 3.8) is 0 Å². The molecule has 31 heavy (non-hydrogen) atoms. The maximum absolute atomic E-state index is 13.1. The van der Waals surface area contributed by atoms with E-state index in [1.807, 2.05) is 36.4 Å². The first-order valence-corrected chi connectivity index (χ1v) is 10.9. The Morgan fingerprint density at radius 3 is 2.61 bits per heavy atom. The van der Waals surface area contributed by atoms with Gasteiger partial charge >= 0.3 is 0 Å². The van der Waals surface area contributed by atoms with Crippen LogP contribution in [0.3, 0.4) is 0 Å². The molecule has 0 aliphatic carbocycles. The average Bonchev–Trinajstić information content (AvgIpc) is 3.41. The van der Waals surface area contributed by atoms with Crippen molar-refractivity contribution in [3.05, 3.63) is 60.2 Å². The van der Waals surface area contributed by atoms with Crippen LogP contribution in [0.15, 0.2) is 53.3 Å². The number of pyridine rings is 1. The van der Waals surface area contributed by atoms with Gasteiger partial charge in [0.2, 0.25) is 17.6 Å². The Morgan fingerprint density at radius 2 is 1.87 bits per heavy atom. The van der Waals surface area contributed by atoms with Crippen LogP contribution >= 0.6 is 0 Å². The highest BCUT2D eigenvalue weighted by atomic mass is 16.5. The quantitative estimate of drug-likeness (QED) is 0.602. The molecular formula is C24H26N4O3. The lowest BCUT2D eigenvalue weighted by molar-refractivity contribution is -0.135. The second-order valence-corrected chi connectivity index (χ2v) is 8.36. The maximum Gasteiger partial charge on any atom is 0.230 e. The number of hydrogen-bond donors (Lipinski definition) is 0. The Bertz CT molecular complexity index is 1040. The molecule has 1 aromatic carbocycles. The van der Waals surface area contributed by atoms with Crippen LogP contribution in [0.1, 0.15) is 49.5 Å². The monoisotopic (exact) mass is 418 g/mol. The summed E-state index contributed by atoms with van der Waals surface area (Å²) in [6.45, 7) is 0. The zero-order valence-electron chi connectivity index (χ0n) is 17.6. The van der Waals surface area contributed by atoms with E-state index >= 15 is 0 Å². The Morgan fingerprint density at radius 1 is 1.13 bits per heavy atom. The van der Waals surface area contributed by atoms with E-state index < -0.39 is 0 Å². The van der Waals surface area contributed by atoms with E-state index in [4.69, 9.17) is 9.26 Å². The minimum Gasteiger partial charge on any atom is -0.496 e. The molecule has 2 fully saturated rings. The first-order valence-electron chi connectivity index (χ1n) is 10.9. The van der Waals surface area contributed by atoms with Crippen LogP contribution in [0, 0.1) is 0 Å². The van der Waals surface area contributed by atoms with Crippen molar-refractivity contribution >= 4 is 5.91 Å². The zero-order chi connectivity index (χ0) is 21.2. The SMILES string of the molecule is COc1ccccc1CCC(=O)N1C2CCC1CC(c1nc(-c3ccncc3)no1)C2. The normalized spacial score (nSPS) is 22.5. The molecular weight excluding hydrogens is 392 g/mol. The van der Waals surface area contributed by atoms with Crippen LogP contribution in [0.5, 0.6) is 5.75 Å². The summed E-state index contributed by atoms with van der Waals surface area (Å²) in [5.41, 5.74) is 1.98. The predicted octanol–water partition coefficient (Wildman–Crippen LogP) is 4.01. The molecule has 5 rings (SSSR count). The number of aryl methyl sites for hydroxylation is 1. The number of methoxy groups -OCH3 is 1. The molecule has 0 radical (unpaired) electrons. The van der Waals surface area contributed by atoms with Crippen LogP contribution in [-0.2, 0) is 11.2 Å². The van der Waals surface area contributed by atoms with E-state index in [2.05, 4.69) is 20.0 Å². The van der Waals surface area contributed by atoms with E-state index in [9.17, 15) is 4.79 Å². The van der Waals surface area contributed by atoms with Gasteiger partial charge < -0.3 is 14.2 Å². The highest BCUT2D eigenvalue weighted by Gasteiger charge is 2.44. The lowest BCUT2D eigenvalue weighted by Gasteiger charge is -2.38. The largest absolute Gasteiger partial charge is 0.496 e. The number of carbonyl (C=O) groups excluding carboxylic acids is 1. The van der Waals surface area contributed by atoms with Crippen molar-refractivity contribution in [2.24, 2.45) is 0 Å². The number of benzene rings is 1. The van der Waals surface area contributed by atoms with Gasteiger partial charge in [-0.25, -0.2) is 0 Å². The van der Waals surface area contributed by atoms with Crippen molar-refractivity contribution < 1.29 is 14.1 Å². The number of para-hydroxylation sites is 1. The highest BCUT2D eigenvalue weighted by molar-refractivity contribution is 5.78. The summed E-state index contributed by atoms with van der Waals surface area (Å²) in [6.07, 6.45) is 8.51. The molecule has 7 heteroatoms. The molecule has 0 N–H and O–H groups in total. The molecule has 0 spiro atoms. The molecule has 4 heterocycles. The van der Waals surface area contributed by atoms with Crippen LogP contribution in [-0.4, -0.2) is 45.1 Å². The van der Waals surface area contributed by atoms with E-state index in [0.29, 0.717) is 24.6 Å². The van der Waals surface area contributed by atoms with Crippen molar-refractivity contribution in [3.8, 4) is 17.1 Å². The first kappa shape index (κ1) is 19.7. The van der Waals surface area contributed by atoms with Crippen LogP contribution in [0.25, 0.3) is 11.4 Å². The van der Waals surface area contributed by atoms with Crippen LogP contribution in [0.2, 0.25) is 0 Å². The molecule has 2 atom stereocenters. The lowest BCUT2D eigenvalue weighted by atomic mass is 9.90. The van der Waals surface area contributed by atoms with Gasteiger partial charge in [0.25, 0.3) is 0 Å². The van der Waals surface area contributed by atoms with Gasteiger partial charge in [-0.05, 0) is 55.9 Å². The number of hydrogen-bond acceptors (Lipinski definition) is 6. The summed E-state index contributed by atoms with van der Waals surface area (Å²) < 4.78 is 11.0. The van der Waals surface area contributed by atoms with Crippen molar-refractivity contribution in [1.82, 2.24) is 20.0 Å². The Hall–Kier alpha value is -3.22. The van der Waals surface area contributed by atoms with Crippen molar-refractivity contribution in [2.45, 2.75) is 56.5 Å². The standard InChI is InChI=1S/C24H26N4O3/c1-30-21-5-3-2-4-16(21)6-9-22(29)28-19-7-8-20(28)15-18(14-19)24-26-23(27-31-24)17-10-12-25-13-11-17/h2-5,10-13,18-20H,6-9,14-15H2,1H3. The summed E-state index contributed by atoms with van der Waals surface area (Å²) >= 11 is 0.